The van der Waals surface area contributed by atoms with Gasteiger partial charge < -0.3 is 19.1 Å². The zero-order valence-corrected chi connectivity index (χ0v) is 17.7. The fourth-order valence-electron chi connectivity index (χ4n) is 3.52. The average molecular weight is 444 g/mol. The first-order valence-electron chi connectivity index (χ1n) is 9.72. The van der Waals surface area contributed by atoms with Gasteiger partial charge in [-0.25, -0.2) is 4.79 Å². The zero-order chi connectivity index (χ0) is 23.0. The van der Waals surface area contributed by atoms with Crippen LogP contribution in [0.3, 0.4) is 0 Å². The Hall–Kier alpha value is -2.59. The molecule has 172 valence electrons. The monoisotopic (exact) mass is 444 g/mol. The number of rotatable bonds is 6. The van der Waals surface area contributed by atoms with Crippen LogP contribution >= 0.6 is 0 Å². The number of halogens is 3. The van der Waals surface area contributed by atoms with Gasteiger partial charge in [-0.15, -0.1) is 0 Å². The number of methoxy groups -OCH3 is 2. The average Bonchev–Trinajstić information content (AvgIpc) is 3.13. The summed E-state index contributed by atoms with van der Waals surface area (Å²) in [5.41, 5.74) is 2.33. The summed E-state index contributed by atoms with van der Waals surface area (Å²) in [6.07, 6.45) is -2.72. The van der Waals surface area contributed by atoms with Crippen LogP contribution in [0, 0.1) is 12.8 Å². The highest BCUT2D eigenvalue weighted by Crippen LogP contribution is 2.25. The molecule has 3 rings (SSSR count). The summed E-state index contributed by atoms with van der Waals surface area (Å²) in [5, 5.41) is 11.2. The highest BCUT2D eigenvalue weighted by Gasteiger charge is 2.38. The summed E-state index contributed by atoms with van der Waals surface area (Å²) in [5.74, 6) is -0.516. The summed E-state index contributed by atoms with van der Waals surface area (Å²) < 4.78 is 47.9. The quantitative estimate of drug-likeness (QED) is 0.727. The standard InChI is InChI=1S/C19H26N2O3.C2HF3O2/c1-14-10-17(20-24-14)13-21-9-8-19(23-3)16(12-21)11-15-4-6-18(22-2)7-5-15;3-2(4,5)1(6)7/h4-7,10,16,19H,8-9,11-13H2,1-3H3;(H,6,7)/t16-,19-;/m0./s1. The number of likely N-dealkylation sites (tertiary alicyclic amines) is 1. The third-order valence-corrected chi connectivity index (χ3v) is 5.01. The van der Waals surface area contributed by atoms with Crippen LogP contribution in [0.25, 0.3) is 0 Å². The first-order chi connectivity index (χ1) is 14.6. The summed E-state index contributed by atoms with van der Waals surface area (Å²) in [6.45, 7) is 4.81. The number of hydrogen-bond acceptors (Lipinski definition) is 6. The van der Waals surface area contributed by atoms with Crippen LogP contribution in [0.1, 0.15) is 23.4 Å². The highest BCUT2D eigenvalue weighted by atomic mass is 19.4. The number of nitrogens with zero attached hydrogens (tertiary/aromatic N) is 2. The SMILES string of the molecule is COc1ccc(C[C@H]2CN(Cc3cc(C)on3)CC[C@@H]2OC)cc1.O=C(O)C(F)(F)F. The molecule has 2 atom stereocenters. The maximum absolute atomic E-state index is 10.6. The van der Waals surface area contributed by atoms with E-state index in [2.05, 4.69) is 22.2 Å². The Bertz CT molecular complexity index is 823. The number of hydrogen-bond donors (Lipinski definition) is 1. The Balaban J connectivity index is 0.000000423. The molecule has 2 aromatic rings. The zero-order valence-electron chi connectivity index (χ0n) is 17.7. The molecule has 0 aliphatic carbocycles. The molecule has 1 fully saturated rings. The molecule has 1 saturated heterocycles. The van der Waals surface area contributed by atoms with Gasteiger partial charge in [-0.3, -0.25) is 4.90 Å². The molecular formula is C21H27F3N2O5. The van der Waals surface area contributed by atoms with Gasteiger partial charge in [0.1, 0.15) is 11.5 Å². The van der Waals surface area contributed by atoms with Crippen LogP contribution in [0.4, 0.5) is 13.2 Å². The Morgan fingerprint density at radius 3 is 2.42 bits per heavy atom. The van der Waals surface area contributed by atoms with Crippen LogP contribution in [-0.4, -0.2) is 60.7 Å². The van der Waals surface area contributed by atoms with Crippen molar-refractivity contribution in [2.24, 2.45) is 5.92 Å². The Kier molecular flexibility index (Phi) is 8.88. The summed E-state index contributed by atoms with van der Waals surface area (Å²) in [6, 6.07) is 10.4. The Morgan fingerprint density at radius 1 is 1.29 bits per heavy atom. The lowest BCUT2D eigenvalue weighted by atomic mass is 9.88. The van der Waals surface area contributed by atoms with Crippen LogP contribution in [0.15, 0.2) is 34.9 Å². The fraction of sp³-hybridized carbons (Fsp3) is 0.524. The predicted molar refractivity (Wildman–Crippen MR) is 106 cm³/mol. The van der Waals surface area contributed by atoms with E-state index >= 15 is 0 Å². The van der Waals surface area contributed by atoms with E-state index < -0.39 is 12.1 Å². The van der Waals surface area contributed by atoms with Crippen molar-refractivity contribution in [2.45, 2.75) is 38.6 Å². The van der Waals surface area contributed by atoms with Crippen molar-refractivity contribution in [2.75, 3.05) is 27.3 Å². The summed E-state index contributed by atoms with van der Waals surface area (Å²) in [7, 11) is 3.52. The first kappa shape index (κ1) is 24.7. The van der Waals surface area contributed by atoms with Gasteiger partial charge in [0.05, 0.1) is 18.9 Å². The van der Waals surface area contributed by atoms with Crippen molar-refractivity contribution in [3.05, 3.63) is 47.3 Å². The van der Waals surface area contributed by atoms with Crippen molar-refractivity contribution in [3.8, 4) is 5.75 Å². The molecule has 0 bridgehead atoms. The second-order valence-corrected chi connectivity index (χ2v) is 7.34. The molecule has 0 unspecified atom stereocenters. The lowest BCUT2D eigenvalue weighted by Gasteiger charge is -2.37. The number of benzene rings is 1. The maximum atomic E-state index is 10.6. The van der Waals surface area contributed by atoms with Gasteiger partial charge in [-0.2, -0.15) is 13.2 Å². The van der Waals surface area contributed by atoms with Crippen LogP contribution in [0.5, 0.6) is 5.75 Å². The van der Waals surface area contributed by atoms with Gasteiger partial charge in [0, 0.05) is 38.7 Å². The molecule has 1 N–H and O–H groups in total. The molecular weight excluding hydrogens is 417 g/mol. The second kappa shape index (κ2) is 11.1. The molecule has 0 saturated carbocycles. The number of alkyl halides is 3. The van der Waals surface area contributed by atoms with Gasteiger partial charge in [0.2, 0.25) is 0 Å². The van der Waals surface area contributed by atoms with E-state index in [0.29, 0.717) is 12.0 Å². The van der Waals surface area contributed by atoms with Crippen molar-refractivity contribution in [1.82, 2.24) is 10.1 Å². The largest absolute Gasteiger partial charge is 0.497 e. The third-order valence-electron chi connectivity index (χ3n) is 5.01. The fourth-order valence-corrected chi connectivity index (χ4v) is 3.52. The molecule has 31 heavy (non-hydrogen) atoms. The van der Waals surface area contributed by atoms with E-state index in [-0.39, 0.29) is 0 Å². The first-order valence-corrected chi connectivity index (χ1v) is 9.72. The predicted octanol–water partition coefficient (Wildman–Crippen LogP) is 3.70. The molecule has 0 spiro atoms. The van der Waals surface area contributed by atoms with Crippen molar-refractivity contribution in [3.63, 3.8) is 0 Å². The van der Waals surface area contributed by atoms with E-state index in [1.54, 1.807) is 7.11 Å². The molecule has 2 heterocycles. The van der Waals surface area contributed by atoms with Crippen LogP contribution in [0.2, 0.25) is 0 Å². The topological polar surface area (TPSA) is 85.0 Å². The smallest absolute Gasteiger partial charge is 0.490 e. The summed E-state index contributed by atoms with van der Waals surface area (Å²) >= 11 is 0. The van der Waals surface area contributed by atoms with E-state index in [1.807, 2.05) is 32.2 Å². The number of aryl methyl sites for hydroxylation is 1. The normalized spacial score (nSPS) is 19.4. The van der Waals surface area contributed by atoms with Crippen molar-refractivity contribution >= 4 is 5.97 Å². The van der Waals surface area contributed by atoms with Crippen molar-refractivity contribution in [1.29, 1.82) is 0 Å². The Labute approximate surface area is 178 Å². The van der Waals surface area contributed by atoms with Gasteiger partial charge in [-0.1, -0.05) is 17.3 Å². The number of ether oxygens (including phenoxy) is 2. The lowest BCUT2D eigenvalue weighted by molar-refractivity contribution is -0.192. The molecule has 0 radical (unpaired) electrons. The molecule has 0 amide bonds. The highest BCUT2D eigenvalue weighted by molar-refractivity contribution is 5.73. The number of piperidine rings is 1. The maximum Gasteiger partial charge on any atom is 0.490 e. The van der Waals surface area contributed by atoms with Crippen molar-refractivity contribution < 1.29 is 37.1 Å². The third kappa shape index (κ3) is 7.87. The number of carbonyl (C=O) groups is 1. The van der Waals surface area contributed by atoms with E-state index in [1.165, 1.54) is 5.56 Å². The molecule has 1 aliphatic rings. The number of carboxylic acid groups (broad SMARTS) is 1. The molecule has 7 nitrogen and oxygen atoms in total. The molecule has 1 aromatic carbocycles. The van der Waals surface area contributed by atoms with Gasteiger partial charge in [0.15, 0.2) is 0 Å². The number of aromatic nitrogens is 1. The Morgan fingerprint density at radius 2 is 1.94 bits per heavy atom. The minimum Gasteiger partial charge on any atom is -0.497 e. The minimum atomic E-state index is -5.08. The minimum absolute atomic E-state index is 0.308. The summed E-state index contributed by atoms with van der Waals surface area (Å²) in [4.78, 5) is 11.3. The van der Waals surface area contributed by atoms with E-state index in [9.17, 15) is 13.2 Å². The molecule has 1 aromatic heterocycles. The molecule has 10 heteroatoms. The molecule has 1 aliphatic heterocycles. The van der Waals surface area contributed by atoms with Crippen LogP contribution in [-0.2, 0) is 22.5 Å². The number of carboxylic acids is 1. The van der Waals surface area contributed by atoms with Crippen LogP contribution < -0.4 is 4.74 Å². The van der Waals surface area contributed by atoms with Gasteiger partial charge in [0.25, 0.3) is 0 Å². The van der Waals surface area contributed by atoms with E-state index in [4.69, 9.17) is 23.9 Å². The number of aliphatic carboxylic acids is 1. The lowest BCUT2D eigenvalue weighted by Crippen LogP contribution is -2.44. The van der Waals surface area contributed by atoms with Gasteiger partial charge >= 0.3 is 12.1 Å². The van der Waals surface area contributed by atoms with Gasteiger partial charge in [-0.05, 0) is 37.5 Å². The van der Waals surface area contributed by atoms with E-state index in [0.717, 1.165) is 49.7 Å². The second-order valence-electron chi connectivity index (χ2n) is 7.34.